The molecule has 4 rings (SSSR count). The van der Waals surface area contributed by atoms with Gasteiger partial charge < -0.3 is 29.7 Å². The first-order valence-electron chi connectivity index (χ1n) is 12.0. The quantitative estimate of drug-likeness (QED) is 0.130. The van der Waals surface area contributed by atoms with Gasteiger partial charge in [0.25, 0.3) is 11.8 Å². The SMILES string of the molecule is CCOC(=O)c1ccc(NC(=O)/C(=C/c2ccc(-c3ccc(Cl)cc3)o2)C(=O)Nc2ccc(C(=O)[O-])cc2)cc1. The lowest BCUT2D eigenvalue weighted by Crippen LogP contribution is -2.25. The number of rotatable bonds is 9. The van der Waals surface area contributed by atoms with E-state index >= 15 is 0 Å². The summed E-state index contributed by atoms with van der Waals surface area (Å²) >= 11 is 5.95. The topological polar surface area (TPSA) is 138 Å². The average molecular weight is 558 g/mol. The summed E-state index contributed by atoms with van der Waals surface area (Å²) in [5.41, 5.74) is 1.27. The first kappa shape index (κ1) is 27.9. The summed E-state index contributed by atoms with van der Waals surface area (Å²) in [6, 6.07) is 21.5. The number of hydrogen-bond donors (Lipinski definition) is 2. The van der Waals surface area contributed by atoms with E-state index in [0.717, 1.165) is 5.56 Å². The van der Waals surface area contributed by atoms with Gasteiger partial charge in [-0.1, -0.05) is 23.7 Å². The van der Waals surface area contributed by atoms with Crippen molar-refractivity contribution in [2.75, 3.05) is 17.2 Å². The van der Waals surface area contributed by atoms with E-state index in [1.807, 2.05) is 0 Å². The molecule has 0 atom stereocenters. The third-order valence-electron chi connectivity index (χ3n) is 5.56. The molecule has 202 valence electrons. The molecule has 0 spiro atoms. The van der Waals surface area contributed by atoms with Crippen LogP contribution in [0.2, 0.25) is 5.02 Å². The van der Waals surface area contributed by atoms with Crippen LogP contribution in [-0.4, -0.2) is 30.4 Å². The Balaban J connectivity index is 1.60. The number of benzene rings is 3. The molecule has 0 unspecified atom stereocenters. The Morgan fingerprint density at radius 1 is 0.800 bits per heavy atom. The molecular formula is C30H22ClN2O7-. The molecule has 0 bridgehead atoms. The second kappa shape index (κ2) is 12.6. The summed E-state index contributed by atoms with van der Waals surface area (Å²) in [6.07, 6.45) is 1.28. The lowest BCUT2D eigenvalue weighted by molar-refractivity contribution is -0.255. The van der Waals surface area contributed by atoms with Crippen LogP contribution in [0.5, 0.6) is 0 Å². The van der Waals surface area contributed by atoms with E-state index in [1.165, 1.54) is 54.6 Å². The van der Waals surface area contributed by atoms with Gasteiger partial charge in [-0.25, -0.2) is 4.79 Å². The van der Waals surface area contributed by atoms with Crippen molar-refractivity contribution in [3.8, 4) is 11.3 Å². The first-order chi connectivity index (χ1) is 19.2. The largest absolute Gasteiger partial charge is 0.545 e. The average Bonchev–Trinajstić information content (AvgIpc) is 3.41. The van der Waals surface area contributed by atoms with Gasteiger partial charge in [-0.05, 0) is 91.4 Å². The minimum atomic E-state index is -1.36. The van der Waals surface area contributed by atoms with Crippen molar-refractivity contribution in [3.63, 3.8) is 0 Å². The first-order valence-corrected chi connectivity index (χ1v) is 12.4. The number of halogens is 1. The van der Waals surface area contributed by atoms with Gasteiger partial charge in [0, 0.05) is 22.0 Å². The second-order valence-electron chi connectivity index (χ2n) is 8.34. The summed E-state index contributed by atoms with van der Waals surface area (Å²) < 4.78 is 10.8. The Labute approximate surface area is 234 Å². The predicted octanol–water partition coefficient (Wildman–Crippen LogP) is 4.80. The highest BCUT2D eigenvalue weighted by Crippen LogP contribution is 2.25. The Bertz CT molecular complexity index is 1570. The lowest BCUT2D eigenvalue weighted by Gasteiger charge is -2.11. The van der Waals surface area contributed by atoms with Gasteiger partial charge in [-0.2, -0.15) is 0 Å². The van der Waals surface area contributed by atoms with Crippen molar-refractivity contribution in [1.29, 1.82) is 0 Å². The van der Waals surface area contributed by atoms with E-state index in [-0.39, 0.29) is 29.2 Å². The Morgan fingerprint density at radius 3 is 1.88 bits per heavy atom. The zero-order chi connectivity index (χ0) is 28.6. The molecule has 0 saturated heterocycles. The van der Waals surface area contributed by atoms with Crippen LogP contribution >= 0.6 is 11.6 Å². The maximum atomic E-state index is 13.3. The minimum absolute atomic E-state index is 0.0666. The monoisotopic (exact) mass is 557 g/mol. The van der Waals surface area contributed by atoms with Gasteiger partial charge in [0.1, 0.15) is 17.1 Å². The molecule has 2 amide bonds. The van der Waals surface area contributed by atoms with Gasteiger partial charge >= 0.3 is 5.97 Å². The number of hydrogen-bond acceptors (Lipinski definition) is 7. The van der Waals surface area contributed by atoms with Gasteiger partial charge in [0.15, 0.2) is 0 Å². The smallest absolute Gasteiger partial charge is 0.338 e. The molecule has 1 heterocycles. The summed E-state index contributed by atoms with van der Waals surface area (Å²) in [6.45, 7) is 1.92. The summed E-state index contributed by atoms with van der Waals surface area (Å²) in [7, 11) is 0. The molecule has 10 heteroatoms. The molecule has 0 aliphatic rings. The van der Waals surface area contributed by atoms with Crippen molar-refractivity contribution >= 4 is 52.8 Å². The molecule has 0 radical (unpaired) electrons. The van der Waals surface area contributed by atoms with Gasteiger partial charge in [-0.3, -0.25) is 9.59 Å². The molecule has 0 saturated carbocycles. The maximum Gasteiger partial charge on any atom is 0.338 e. The minimum Gasteiger partial charge on any atom is -0.545 e. The van der Waals surface area contributed by atoms with Crippen LogP contribution in [0, 0.1) is 0 Å². The zero-order valence-corrected chi connectivity index (χ0v) is 21.9. The number of carboxylic acid groups (broad SMARTS) is 1. The molecule has 40 heavy (non-hydrogen) atoms. The van der Waals surface area contributed by atoms with Crippen LogP contribution in [-0.2, 0) is 14.3 Å². The van der Waals surface area contributed by atoms with E-state index in [2.05, 4.69) is 10.6 Å². The van der Waals surface area contributed by atoms with Crippen molar-refractivity contribution in [2.24, 2.45) is 0 Å². The number of carbonyl (C=O) groups is 4. The second-order valence-corrected chi connectivity index (χ2v) is 8.77. The number of anilines is 2. The number of ether oxygens (including phenoxy) is 1. The Kier molecular flexibility index (Phi) is 8.78. The van der Waals surface area contributed by atoms with Crippen LogP contribution < -0.4 is 15.7 Å². The maximum absolute atomic E-state index is 13.3. The number of aromatic carboxylic acids is 1. The molecule has 0 fully saturated rings. The number of furan rings is 1. The fourth-order valence-corrected chi connectivity index (χ4v) is 3.69. The fourth-order valence-electron chi connectivity index (χ4n) is 3.57. The van der Waals surface area contributed by atoms with Crippen molar-refractivity contribution in [2.45, 2.75) is 6.92 Å². The number of nitrogens with one attached hydrogen (secondary N) is 2. The highest BCUT2D eigenvalue weighted by molar-refractivity contribution is 6.30. The zero-order valence-electron chi connectivity index (χ0n) is 21.1. The van der Waals surface area contributed by atoms with Crippen LogP contribution in [0.1, 0.15) is 33.4 Å². The highest BCUT2D eigenvalue weighted by atomic mass is 35.5. The van der Waals surface area contributed by atoms with Crippen molar-refractivity contribution < 1.29 is 33.4 Å². The fraction of sp³-hybridized carbons (Fsp3) is 0.0667. The molecule has 0 aliphatic heterocycles. The number of carbonyl (C=O) groups excluding carboxylic acids is 4. The Morgan fingerprint density at radius 2 is 1.35 bits per heavy atom. The van der Waals surface area contributed by atoms with Gasteiger partial charge in [0.2, 0.25) is 0 Å². The molecule has 4 aromatic rings. The molecule has 9 nitrogen and oxygen atoms in total. The van der Waals surface area contributed by atoms with E-state index in [0.29, 0.717) is 22.0 Å². The third kappa shape index (κ3) is 7.03. The van der Waals surface area contributed by atoms with Crippen molar-refractivity contribution in [3.05, 3.63) is 112 Å². The van der Waals surface area contributed by atoms with E-state index in [4.69, 9.17) is 20.8 Å². The molecule has 1 aromatic heterocycles. The summed E-state index contributed by atoms with van der Waals surface area (Å²) in [4.78, 5) is 49.4. The third-order valence-corrected chi connectivity index (χ3v) is 5.82. The molecule has 0 aliphatic carbocycles. The normalized spacial score (nSPS) is 11.0. The van der Waals surface area contributed by atoms with Crippen LogP contribution in [0.25, 0.3) is 17.4 Å². The van der Waals surface area contributed by atoms with Crippen LogP contribution in [0.3, 0.4) is 0 Å². The van der Waals surface area contributed by atoms with E-state index in [1.54, 1.807) is 43.3 Å². The molecule has 3 aromatic carbocycles. The number of carboxylic acids is 1. The lowest BCUT2D eigenvalue weighted by atomic mass is 10.1. The van der Waals surface area contributed by atoms with Gasteiger partial charge in [0.05, 0.1) is 18.1 Å². The summed E-state index contributed by atoms with van der Waals surface area (Å²) in [5, 5.41) is 16.8. The predicted molar refractivity (Wildman–Crippen MR) is 148 cm³/mol. The standard InChI is InChI=1S/C30H23ClN2O7/c1-2-39-30(38)20-7-13-23(14-8-20)33-28(35)25(27(34)32-22-11-5-19(6-12-22)29(36)37)17-24-15-16-26(40-24)18-3-9-21(31)10-4-18/h3-17H,2H2,1H3,(H,32,34)(H,33,35)(H,36,37)/p-1/b25-17+. The highest BCUT2D eigenvalue weighted by Gasteiger charge is 2.20. The van der Waals surface area contributed by atoms with Crippen molar-refractivity contribution in [1.82, 2.24) is 0 Å². The van der Waals surface area contributed by atoms with E-state index < -0.39 is 23.8 Å². The van der Waals surface area contributed by atoms with Crippen LogP contribution in [0.15, 0.2) is 94.9 Å². The number of amides is 2. The Hall–Kier alpha value is -5.15. The van der Waals surface area contributed by atoms with Crippen LogP contribution in [0.4, 0.5) is 11.4 Å². The van der Waals surface area contributed by atoms with Gasteiger partial charge in [-0.15, -0.1) is 0 Å². The molecule has 2 N–H and O–H groups in total. The summed E-state index contributed by atoms with van der Waals surface area (Å²) in [5.74, 6) is -2.66. The number of esters is 1. The van der Waals surface area contributed by atoms with E-state index in [9.17, 15) is 24.3 Å². The molecular weight excluding hydrogens is 536 g/mol.